The molecule has 0 saturated heterocycles. The van der Waals surface area contributed by atoms with Crippen molar-refractivity contribution in [2.24, 2.45) is 5.92 Å². The maximum absolute atomic E-state index is 14.2. The number of amides is 2. The molecule has 2 fully saturated rings. The maximum Gasteiger partial charge on any atom is 0.247 e. The summed E-state index contributed by atoms with van der Waals surface area (Å²) in [6.07, 6.45) is 9.36. The first kappa shape index (κ1) is 22.9. The Hall–Kier alpha value is -3.54. The summed E-state index contributed by atoms with van der Waals surface area (Å²) in [6.45, 7) is 0.127. The number of para-hydroxylation sites is 2. The largest absolute Gasteiger partial charge is 0.497 e. The molecule has 186 valence electrons. The summed E-state index contributed by atoms with van der Waals surface area (Å²) in [7, 11) is 1.66. The van der Waals surface area contributed by atoms with E-state index in [1.165, 1.54) is 6.42 Å². The minimum atomic E-state index is -0.292. The molecule has 2 heterocycles. The smallest absolute Gasteiger partial charge is 0.247 e. The average Bonchev–Trinajstić information content (AvgIpc) is 3.66. The van der Waals surface area contributed by atoms with E-state index < -0.39 is 0 Å². The van der Waals surface area contributed by atoms with Crippen LogP contribution in [0.5, 0.6) is 5.75 Å². The van der Waals surface area contributed by atoms with E-state index in [-0.39, 0.29) is 36.4 Å². The zero-order valence-electron chi connectivity index (χ0n) is 20.8. The van der Waals surface area contributed by atoms with Gasteiger partial charge in [-0.3, -0.25) is 14.5 Å². The zero-order valence-corrected chi connectivity index (χ0v) is 20.8. The Morgan fingerprint density at radius 1 is 0.889 bits per heavy atom. The number of carbonyl (C=O) groups excluding carboxylic acids is 2. The first-order valence-electron chi connectivity index (χ1n) is 13.2. The second-order valence-corrected chi connectivity index (χ2v) is 10.3. The molecule has 0 radical (unpaired) electrons. The van der Waals surface area contributed by atoms with Crippen LogP contribution in [0.4, 0.5) is 5.69 Å². The summed E-state index contributed by atoms with van der Waals surface area (Å²) in [6, 6.07) is 20.0. The monoisotopic (exact) mass is 483 g/mol. The molecule has 36 heavy (non-hydrogen) atoms. The molecule has 3 aromatic rings. The molecule has 2 saturated carbocycles. The lowest BCUT2D eigenvalue weighted by Gasteiger charge is -2.40. The number of ether oxygens (including phenoxy) is 1. The fourth-order valence-electron chi connectivity index (χ4n) is 5.94. The number of benzene rings is 2. The molecule has 0 spiro atoms. The molecular formula is C30H33N3O3. The van der Waals surface area contributed by atoms with Gasteiger partial charge in [0, 0.05) is 18.2 Å². The summed E-state index contributed by atoms with van der Waals surface area (Å²) in [4.78, 5) is 31.6. The third-order valence-corrected chi connectivity index (χ3v) is 7.95. The first-order chi connectivity index (χ1) is 17.7. The predicted molar refractivity (Wildman–Crippen MR) is 139 cm³/mol. The first-order valence-corrected chi connectivity index (χ1v) is 13.2. The lowest BCUT2D eigenvalue weighted by atomic mass is 9.88. The van der Waals surface area contributed by atoms with Crippen LogP contribution in [-0.4, -0.2) is 41.0 Å². The van der Waals surface area contributed by atoms with Crippen molar-refractivity contribution < 1.29 is 14.3 Å². The fraction of sp³-hybridized carbons (Fsp3) is 0.400. The Kier molecular flexibility index (Phi) is 6.04. The van der Waals surface area contributed by atoms with Gasteiger partial charge in [-0.05, 0) is 67.6 Å². The topological polar surface area (TPSA) is 54.8 Å². The molecule has 2 aromatic carbocycles. The van der Waals surface area contributed by atoms with E-state index in [1.807, 2.05) is 58.3 Å². The van der Waals surface area contributed by atoms with Gasteiger partial charge < -0.3 is 14.2 Å². The molecule has 3 aliphatic rings. The highest BCUT2D eigenvalue weighted by atomic mass is 16.5. The second kappa shape index (κ2) is 9.49. The third-order valence-electron chi connectivity index (χ3n) is 7.95. The van der Waals surface area contributed by atoms with Crippen LogP contribution in [0.3, 0.4) is 0 Å². The van der Waals surface area contributed by atoms with Gasteiger partial charge in [-0.1, -0.05) is 43.5 Å². The van der Waals surface area contributed by atoms with Gasteiger partial charge in [-0.15, -0.1) is 0 Å². The standard InChI is InChI=1S/C30H33N3O3/c1-36-24-17-13-21(14-18-24)29-27-12-7-19-31(27)25-10-5-6-11-26(25)33(29)28(34)20-32(23-15-16-23)30(35)22-8-3-2-4-9-22/h5-7,10-14,17-19,22-23,29H,2-4,8-9,15-16,20H2,1H3. The van der Waals surface area contributed by atoms with Gasteiger partial charge in [-0.25, -0.2) is 0 Å². The summed E-state index contributed by atoms with van der Waals surface area (Å²) < 4.78 is 7.55. The number of methoxy groups -OCH3 is 1. The van der Waals surface area contributed by atoms with Crippen molar-refractivity contribution >= 4 is 17.5 Å². The van der Waals surface area contributed by atoms with E-state index >= 15 is 0 Å². The molecule has 6 rings (SSSR count). The highest BCUT2D eigenvalue weighted by Gasteiger charge is 2.41. The zero-order chi connectivity index (χ0) is 24.6. The lowest BCUT2D eigenvalue weighted by Crippen LogP contribution is -2.48. The fourth-order valence-corrected chi connectivity index (χ4v) is 5.94. The van der Waals surface area contributed by atoms with Gasteiger partial charge >= 0.3 is 0 Å². The van der Waals surface area contributed by atoms with Crippen LogP contribution in [0.15, 0.2) is 66.9 Å². The molecule has 1 unspecified atom stereocenters. The van der Waals surface area contributed by atoms with Crippen LogP contribution in [0, 0.1) is 5.92 Å². The minimum absolute atomic E-state index is 0.0354. The van der Waals surface area contributed by atoms with Crippen LogP contribution in [0.2, 0.25) is 0 Å². The molecule has 1 atom stereocenters. The molecule has 1 aliphatic heterocycles. The highest BCUT2D eigenvalue weighted by Crippen LogP contribution is 2.43. The van der Waals surface area contributed by atoms with Crippen LogP contribution in [-0.2, 0) is 9.59 Å². The van der Waals surface area contributed by atoms with Gasteiger partial charge in [0.15, 0.2) is 0 Å². The Balaban J connectivity index is 1.38. The van der Waals surface area contributed by atoms with Gasteiger partial charge in [0.2, 0.25) is 11.8 Å². The predicted octanol–water partition coefficient (Wildman–Crippen LogP) is 5.49. The van der Waals surface area contributed by atoms with Gasteiger partial charge in [0.25, 0.3) is 0 Å². The normalized spacial score (nSPS) is 19.4. The Bertz CT molecular complexity index is 1250. The quantitative estimate of drug-likeness (QED) is 0.466. The molecule has 1 aromatic heterocycles. The van der Waals surface area contributed by atoms with Crippen molar-refractivity contribution in [1.29, 1.82) is 0 Å². The van der Waals surface area contributed by atoms with Crippen molar-refractivity contribution in [1.82, 2.24) is 9.47 Å². The van der Waals surface area contributed by atoms with Crippen molar-refractivity contribution in [3.05, 3.63) is 78.1 Å². The summed E-state index contributed by atoms with van der Waals surface area (Å²) in [5.74, 6) is 0.989. The molecule has 6 nitrogen and oxygen atoms in total. The van der Waals surface area contributed by atoms with Crippen molar-refractivity contribution in [2.45, 2.75) is 57.0 Å². The second-order valence-electron chi connectivity index (χ2n) is 10.3. The van der Waals surface area contributed by atoms with Gasteiger partial charge in [0.05, 0.1) is 24.2 Å². The Morgan fingerprint density at radius 3 is 2.31 bits per heavy atom. The van der Waals surface area contributed by atoms with Crippen LogP contribution < -0.4 is 9.64 Å². The maximum atomic E-state index is 14.2. The number of nitrogens with zero attached hydrogens (tertiary/aromatic N) is 3. The number of anilines is 1. The van der Waals surface area contributed by atoms with Crippen LogP contribution in [0.25, 0.3) is 5.69 Å². The number of carbonyl (C=O) groups is 2. The van der Waals surface area contributed by atoms with E-state index in [2.05, 4.69) is 22.9 Å². The number of hydrogen-bond acceptors (Lipinski definition) is 3. The number of aromatic nitrogens is 1. The lowest BCUT2D eigenvalue weighted by molar-refractivity contribution is -0.140. The van der Waals surface area contributed by atoms with Crippen molar-refractivity contribution in [3.63, 3.8) is 0 Å². The van der Waals surface area contributed by atoms with E-state index in [0.29, 0.717) is 0 Å². The van der Waals surface area contributed by atoms with Crippen molar-refractivity contribution in [2.75, 3.05) is 18.6 Å². The summed E-state index contributed by atoms with van der Waals surface area (Å²) in [5, 5.41) is 0. The summed E-state index contributed by atoms with van der Waals surface area (Å²) in [5.41, 5.74) is 3.89. The summed E-state index contributed by atoms with van der Waals surface area (Å²) >= 11 is 0. The third kappa shape index (κ3) is 4.08. The molecule has 2 aliphatic carbocycles. The molecular weight excluding hydrogens is 450 g/mol. The molecule has 2 amide bonds. The average molecular weight is 484 g/mol. The Morgan fingerprint density at radius 2 is 1.61 bits per heavy atom. The number of fused-ring (bicyclic) bond motifs is 3. The van der Waals surface area contributed by atoms with Gasteiger partial charge in [0.1, 0.15) is 18.3 Å². The van der Waals surface area contributed by atoms with Crippen LogP contribution >= 0.6 is 0 Å². The van der Waals surface area contributed by atoms with E-state index in [4.69, 9.17) is 4.74 Å². The highest BCUT2D eigenvalue weighted by molar-refractivity contribution is 6.00. The van der Waals surface area contributed by atoms with E-state index in [0.717, 1.165) is 66.9 Å². The van der Waals surface area contributed by atoms with Gasteiger partial charge in [-0.2, -0.15) is 0 Å². The molecule has 0 N–H and O–H groups in total. The minimum Gasteiger partial charge on any atom is -0.497 e. The van der Waals surface area contributed by atoms with E-state index in [9.17, 15) is 9.59 Å². The molecule has 0 bridgehead atoms. The number of rotatable bonds is 6. The SMILES string of the molecule is COc1ccc(C2c3cccn3-c3ccccc3N2C(=O)CN(C(=O)C2CCCCC2)C2CC2)cc1. The Labute approximate surface area is 212 Å². The van der Waals surface area contributed by atoms with Crippen molar-refractivity contribution in [3.8, 4) is 11.4 Å². The number of hydrogen-bond donors (Lipinski definition) is 0. The molecule has 6 heteroatoms. The van der Waals surface area contributed by atoms with E-state index in [1.54, 1.807) is 7.11 Å². The van der Waals surface area contributed by atoms with Crippen LogP contribution in [0.1, 0.15) is 62.2 Å².